The average molecular weight is 233 g/mol. The van der Waals surface area contributed by atoms with Crippen LogP contribution in [-0.4, -0.2) is 27.3 Å². The topological polar surface area (TPSA) is 92.1 Å². The largest absolute Gasteiger partial charge is 0.267 e. The van der Waals surface area contributed by atoms with Gasteiger partial charge in [-0.3, -0.25) is 4.18 Å². The van der Waals surface area contributed by atoms with Crippen LogP contribution in [-0.2, 0) is 14.3 Å². The van der Waals surface area contributed by atoms with E-state index in [0.717, 1.165) is 6.26 Å². The summed E-state index contributed by atoms with van der Waals surface area (Å²) in [6.07, 6.45) is 3.78. The highest BCUT2D eigenvalue weighted by molar-refractivity contribution is 7.86. The highest BCUT2D eigenvalue weighted by Crippen LogP contribution is 2.10. The van der Waals surface area contributed by atoms with E-state index < -0.39 is 16.2 Å². The maximum atomic E-state index is 10.9. The second-order valence-corrected chi connectivity index (χ2v) is 4.64. The molecule has 0 aliphatic carbocycles. The molecule has 7 heteroatoms. The highest BCUT2D eigenvalue weighted by atomic mass is 32.2. The van der Waals surface area contributed by atoms with E-state index >= 15 is 0 Å². The molecule has 0 aliphatic rings. The van der Waals surface area contributed by atoms with Crippen molar-refractivity contribution in [3.63, 3.8) is 0 Å². The normalized spacial score (nSPS) is 12.9. The zero-order valence-electron chi connectivity index (χ0n) is 8.66. The lowest BCUT2D eigenvalue weighted by atomic mass is 10.1. The Kier molecular flexibility index (Phi) is 6.77. The van der Waals surface area contributed by atoms with E-state index in [1.165, 1.54) is 0 Å². The molecule has 0 bridgehead atoms. The molecule has 0 radical (unpaired) electrons. The van der Waals surface area contributed by atoms with E-state index in [-0.39, 0.29) is 0 Å². The predicted octanol–water partition coefficient (Wildman–Crippen LogP) is 2.00. The van der Waals surface area contributed by atoms with Crippen LogP contribution in [0.15, 0.2) is 17.8 Å². The van der Waals surface area contributed by atoms with Gasteiger partial charge in [-0.2, -0.15) is 8.42 Å². The lowest BCUT2D eigenvalue weighted by molar-refractivity contribution is 0.202. The van der Waals surface area contributed by atoms with Crippen molar-refractivity contribution in [3.8, 4) is 0 Å². The minimum atomic E-state index is -3.44. The summed E-state index contributed by atoms with van der Waals surface area (Å²) in [7, 11) is -3.44. The van der Waals surface area contributed by atoms with Crippen molar-refractivity contribution in [2.75, 3.05) is 12.8 Å². The van der Waals surface area contributed by atoms with Crippen LogP contribution in [0.4, 0.5) is 0 Å². The van der Waals surface area contributed by atoms with E-state index in [1.54, 1.807) is 6.08 Å². The molecule has 0 amide bonds. The van der Waals surface area contributed by atoms with Gasteiger partial charge in [-0.1, -0.05) is 11.2 Å². The van der Waals surface area contributed by atoms with Gasteiger partial charge >= 0.3 is 0 Å². The van der Waals surface area contributed by atoms with Gasteiger partial charge in [0.05, 0.1) is 12.4 Å². The molecule has 0 unspecified atom stereocenters. The Morgan fingerprint density at radius 3 is 2.80 bits per heavy atom. The third-order valence-electron chi connectivity index (χ3n) is 1.59. The van der Waals surface area contributed by atoms with E-state index in [2.05, 4.69) is 16.6 Å². The first kappa shape index (κ1) is 14.0. The van der Waals surface area contributed by atoms with Crippen molar-refractivity contribution in [2.24, 2.45) is 5.11 Å². The predicted molar refractivity (Wildman–Crippen MR) is 57.8 cm³/mol. The maximum Gasteiger partial charge on any atom is 0.264 e. The van der Waals surface area contributed by atoms with Gasteiger partial charge in [-0.15, -0.1) is 6.58 Å². The summed E-state index contributed by atoms with van der Waals surface area (Å²) in [5.74, 6) is 0. The lowest BCUT2D eigenvalue weighted by Gasteiger charge is -2.13. The van der Waals surface area contributed by atoms with Crippen molar-refractivity contribution in [3.05, 3.63) is 23.1 Å². The Hall–Kier alpha value is -1.04. The summed E-state index contributed by atoms with van der Waals surface area (Å²) in [5, 5.41) is 3.35. The minimum Gasteiger partial charge on any atom is -0.267 e. The van der Waals surface area contributed by atoms with Crippen LogP contribution in [0.1, 0.15) is 19.3 Å². The summed E-state index contributed by atoms with van der Waals surface area (Å²) in [5.41, 5.74) is 8.04. The second kappa shape index (κ2) is 7.28. The van der Waals surface area contributed by atoms with Gasteiger partial charge in [-0.25, -0.2) is 0 Å². The molecule has 86 valence electrons. The molecule has 0 rings (SSSR count). The molecule has 0 aromatic rings. The lowest BCUT2D eigenvalue weighted by Crippen LogP contribution is -2.17. The van der Waals surface area contributed by atoms with Crippen LogP contribution in [0.3, 0.4) is 0 Å². The number of azide groups is 1. The third-order valence-corrected chi connectivity index (χ3v) is 2.21. The molecule has 0 aromatic carbocycles. The number of hydrogen-bond donors (Lipinski definition) is 0. The molecule has 15 heavy (non-hydrogen) atoms. The van der Waals surface area contributed by atoms with E-state index in [0.29, 0.717) is 25.8 Å². The smallest absolute Gasteiger partial charge is 0.264 e. The summed E-state index contributed by atoms with van der Waals surface area (Å²) in [6.45, 7) is 3.86. The van der Waals surface area contributed by atoms with E-state index in [9.17, 15) is 8.42 Å². The molecule has 6 nitrogen and oxygen atoms in total. The van der Waals surface area contributed by atoms with Gasteiger partial charge < -0.3 is 0 Å². The molecule has 0 saturated carbocycles. The molecule has 0 N–H and O–H groups in total. The van der Waals surface area contributed by atoms with Crippen LogP contribution in [0.25, 0.3) is 10.4 Å². The summed E-state index contributed by atoms with van der Waals surface area (Å²) in [4.78, 5) is 2.60. The van der Waals surface area contributed by atoms with Gasteiger partial charge in [0.15, 0.2) is 0 Å². The molecule has 0 heterocycles. The first-order chi connectivity index (χ1) is 6.99. The molecule has 0 aliphatic heterocycles. The van der Waals surface area contributed by atoms with Gasteiger partial charge in [0.1, 0.15) is 0 Å². The first-order valence-corrected chi connectivity index (χ1v) is 6.31. The quantitative estimate of drug-likeness (QED) is 0.160. The standard InChI is InChI=1S/C8H15N3O3S/c1-3-5-8(14-15(2,12)13)6-4-7-10-11-9/h3,8H,1,4-7H2,2H3/t8-/m0/s1. The van der Waals surface area contributed by atoms with E-state index in [1.807, 2.05) is 0 Å². The molecule has 0 fully saturated rings. The first-order valence-electron chi connectivity index (χ1n) is 4.49. The Bertz CT molecular complexity index is 333. The van der Waals surface area contributed by atoms with Gasteiger partial charge in [-0.05, 0) is 24.8 Å². The minimum absolute atomic E-state index is 0.345. The fourth-order valence-electron chi connectivity index (χ4n) is 1.07. The number of rotatable bonds is 8. The van der Waals surface area contributed by atoms with Crippen molar-refractivity contribution in [1.82, 2.24) is 0 Å². The zero-order valence-corrected chi connectivity index (χ0v) is 9.48. The van der Waals surface area contributed by atoms with Crippen molar-refractivity contribution in [2.45, 2.75) is 25.4 Å². The average Bonchev–Trinajstić information content (AvgIpc) is 2.10. The second-order valence-electron chi connectivity index (χ2n) is 3.04. The molecule has 0 saturated heterocycles. The SMILES string of the molecule is C=CC[C@@H](CCCN=[N+]=[N-])OS(C)(=O)=O. The maximum absolute atomic E-state index is 10.9. The van der Waals surface area contributed by atoms with Gasteiger partial charge in [0, 0.05) is 11.5 Å². The van der Waals surface area contributed by atoms with Gasteiger partial charge in [0.25, 0.3) is 10.1 Å². The Balaban J connectivity index is 4.04. The molecular formula is C8H15N3O3S. The van der Waals surface area contributed by atoms with E-state index in [4.69, 9.17) is 9.71 Å². The summed E-state index contributed by atoms with van der Waals surface area (Å²) >= 11 is 0. The Morgan fingerprint density at radius 1 is 1.67 bits per heavy atom. The van der Waals surface area contributed by atoms with Crippen molar-refractivity contribution < 1.29 is 12.6 Å². The summed E-state index contributed by atoms with van der Waals surface area (Å²) < 4.78 is 26.6. The van der Waals surface area contributed by atoms with Crippen molar-refractivity contribution >= 4 is 10.1 Å². The van der Waals surface area contributed by atoms with Crippen LogP contribution in [0, 0.1) is 0 Å². The van der Waals surface area contributed by atoms with Crippen LogP contribution < -0.4 is 0 Å². The molecule has 1 atom stereocenters. The number of hydrogen-bond acceptors (Lipinski definition) is 4. The highest BCUT2D eigenvalue weighted by Gasteiger charge is 2.13. The number of nitrogens with zero attached hydrogens (tertiary/aromatic N) is 3. The van der Waals surface area contributed by atoms with Gasteiger partial charge in [0.2, 0.25) is 0 Å². The van der Waals surface area contributed by atoms with Crippen LogP contribution in [0.5, 0.6) is 0 Å². The third kappa shape index (κ3) is 9.27. The monoisotopic (exact) mass is 233 g/mol. The fourth-order valence-corrected chi connectivity index (χ4v) is 1.74. The molecule has 0 spiro atoms. The fraction of sp³-hybridized carbons (Fsp3) is 0.750. The summed E-state index contributed by atoms with van der Waals surface area (Å²) in [6, 6.07) is 0. The van der Waals surface area contributed by atoms with Crippen molar-refractivity contribution in [1.29, 1.82) is 0 Å². The Morgan fingerprint density at radius 2 is 2.33 bits per heavy atom. The Labute approximate surface area is 89.7 Å². The zero-order chi connectivity index (χ0) is 11.7. The molecular weight excluding hydrogens is 218 g/mol. The molecule has 0 aromatic heterocycles. The van der Waals surface area contributed by atoms with Crippen LogP contribution in [0.2, 0.25) is 0 Å². The van der Waals surface area contributed by atoms with Crippen LogP contribution >= 0.6 is 0 Å².